The fraction of sp³-hybridized carbons (Fsp3) is 0.360. The molecule has 38 heavy (non-hydrogen) atoms. The first kappa shape index (κ1) is 26.5. The number of carboxylic acids is 1. The highest BCUT2D eigenvalue weighted by atomic mass is 35.5. The van der Waals surface area contributed by atoms with Gasteiger partial charge in [-0.15, -0.1) is 46.4 Å². The van der Waals surface area contributed by atoms with E-state index in [2.05, 4.69) is 0 Å². The van der Waals surface area contributed by atoms with Crippen LogP contribution in [0.15, 0.2) is 43.5 Å². The van der Waals surface area contributed by atoms with E-state index in [1.807, 2.05) is 0 Å². The van der Waals surface area contributed by atoms with Crippen molar-refractivity contribution in [2.75, 3.05) is 0 Å². The summed E-state index contributed by atoms with van der Waals surface area (Å²) in [4.78, 5) is 25.0. The molecule has 0 spiro atoms. The lowest BCUT2D eigenvalue weighted by Gasteiger charge is -2.45. The summed E-state index contributed by atoms with van der Waals surface area (Å²) in [7, 11) is 0. The summed E-state index contributed by atoms with van der Waals surface area (Å²) < 4.78 is 4.09. The minimum atomic E-state index is -1.60. The SMILES string of the molecule is O=C(O)C1CC23C(Cl)C(Cl)=C(Cl)C(Cl)C2(CC1c1c2ccc(=O)c(O)c-2oc2c(O)c(O)ccc12)C3(Cl)Cl. The Morgan fingerprint density at radius 1 is 0.921 bits per heavy atom. The van der Waals surface area contributed by atoms with Crippen molar-refractivity contribution in [1.82, 2.24) is 0 Å². The molecule has 200 valence electrons. The van der Waals surface area contributed by atoms with E-state index in [9.17, 15) is 30.0 Å². The molecule has 1 heterocycles. The van der Waals surface area contributed by atoms with Gasteiger partial charge in [0.15, 0.2) is 17.1 Å². The molecule has 0 bridgehead atoms. The van der Waals surface area contributed by atoms with Crippen molar-refractivity contribution in [2.45, 2.75) is 33.8 Å². The number of aliphatic carboxylic acids is 1. The van der Waals surface area contributed by atoms with E-state index in [-0.39, 0.29) is 45.2 Å². The van der Waals surface area contributed by atoms with Gasteiger partial charge in [-0.3, -0.25) is 9.59 Å². The zero-order valence-corrected chi connectivity index (χ0v) is 23.3. The van der Waals surface area contributed by atoms with Crippen LogP contribution in [0.4, 0.5) is 0 Å². The van der Waals surface area contributed by atoms with Gasteiger partial charge in [0, 0.05) is 21.8 Å². The van der Waals surface area contributed by atoms with Crippen LogP contribution in [0, 0.1) is 16.7 Å². The van der Waals surface area contributed by atoms with Gasteiger partial charge < -0.3 is 24.8 Å². The lowest BCUT2D eigenvalue weighted by Crippen LogP contribution is -2.45. The normalized spacial score (nSPS) is 33.7. The second-order valence-electron chi connectivity index (χ2n) is 10.0. The molecule has 0 saturated heterocycles. The number of hydrogen-bond acceptors (Lipinski definition) is 6. The molecule has 2 fully saturated rings. The fourth-order valence-corrected chi connectivity index (χ4v) is 10.2. The van der Waals surface area contributed by atoms with Gasteiger partial charge in [0.2, 0.25) is 16.9 Å². The molecule has 6 atom stereocenters. The Hall–Kier alpha value is -1.74. The van der Waals surface area contributed by atoms with Crippen molar-refractivity contribution in [1.29, 1.82) is 0 Å². The lowest BCUT2D eigenvalue weighted by atomic mass is 9.62. The number of hydrogen-bond donors (Lipinski definition) is 4. The van der Waals surface area contributed by atoms with E-state index >= 15 is 0 Å². The van der Waals surface area contributed by atoms with Crippen LogP contribution < -0.4 is 5.43 Å². The lowest BCUT2D eigenvalue weighted by molar-refractivity contribution is -0.144. The average Bonchev–Trinajstić information content (AvgIpc) is 3.34. The molecule has 13 heteroatoms. The molecule has 6 rings (SSSR count). The van der Waals surface area contributed by atoms with Crippen LogP contribution in [0.25, 0.3) is 22.3 Å². The molecular formula is C25H16Cl6O7. The summed E-state index contributed by atoms with van der Waals surface area (Å²) in [5.41, 5.74) is -2.89. The third-order valence-corrected chi connectivity index (χ3v) is 12.3. The van der Waals surface area contributed by atoms with Crippen LogP contribution in [0.5, 0.6) is 17.2 Å². The van der Waals surface area contributed by atoms with Gasteiger partial charge in [0.05, 0.1) is 26.7 Å². The van der Waals surface area contributed by atoms with Gasteiger partial charge in [-0.05, 0) is 48.6 Å². The van der Waals surface area contributed by atoms with Crippen molar-refractivity contribution in [3.8, 4) is 28.6 Å². The first-order valence-electron chi connectivity index (χ1n) is 11.3. The number of alkyl halides is 4. The number of rotatable bonds is 2. The van der Waals surface area contributed by atoms with Gasteiger partial charge in [-0.2, -0.15) is 0 Å². The summed E-state index contributed by atoms with van der Waals surface area (Å²) in [6.45, 7) is 0. The molecule has 2 saturated carbocycles. The monoisotopic (exact) mass is 638 g/mol. The van der Waals surface area contributed by atoms with Crippen LogP contribution in [0.1, 0.15) is 24.3 Å². The number of benzene rings is 2. The number of aromatic hydroxyl groups is 3. The Kier molecular flexibility index (Phi) is 5.68. The Labute approximate surface area is 244 Å². The average molecular weight is 641 g/mol. The molecule has 4 N–H and O–H groups in total. The van der Waals surface area contributed by atoms with E-state index in [1.165, 1.54) is 18.2 Å². The summed E-state index contributed by atoms with van der Waals surface area (Å²) >= 11 is 40.4. The van der Waals surface area contributed by atoms with Crippen molar-refractivity contribution in [2.24, 2.45) is 16.7 Å². The summed E-state index contributed by atoms with van der Waals surface area (Å²) in [5.74, 6) is -5.44. The van der Waals surface area contributed by atoms with E-state index < -0.39 is 66.4 Å². The highest BCUT2D eigenvalue weighted by molar-refractivity contribution is 6.56. The smallest absolute Gasteiger partial charge is 0.307 e. The summed E-state index contributed by atoms with van der Waals surface area (Å²) in [6.07, 6.45) is -0.146. The number of fused-ring (bicyclic) bond motifs is 2. The topological polar surface area (TPSA) is 128 Å². The molecule has 1 aliphatic heterocycles. The van der Waals surface area contributed by atoms with Crippen molar-refractivity contribution < 1.29 is 29.6 Å². The molecule has 4 aliphatic carbocycles. The molecule has 7 nitrogen and oxygen atoms in total. The Bertz CT molecular complexity index is 1630. The molecule has 1 aromatic carbocycles. The van der Waals surface area contributed by atoms with Crippen LogP contribution in [-0.2, 0) is 4.79 Å². The third kappa shape index (κ3) is 2.85. The van der Waals surface area contributed by atoms with Crippen LogP contribution in [-0.4, -0.2) is 41.5 Å². The number of phenols is 3. The number of carboxylic acid groups (broad SMARTS) is 1. The van der Waals surface area contributed by atoms with E-state index in [0.29, 0.717) is 5.56 Å². The maximum absolute atomic E-state index is 12.8. The van der Waals surface area contributed by atoms with Gasteiger partial charge in [0.25, 0.3) is 0 Å². The minimum absolute atomic E-state index is 0.0233. The van der Waals surface area contributed by atoms with Crippen molar-refractivity contribution in [3.63, 3.8) is 0 Å². The van der Waals surface area contributed by atoms with E-state index in [4.69, 9.17) is 74.0 Å². The van der Waals surface area contributed by atoms with E-state index in [1.54, 1.807) is 0 Å². The van der Waals surface area contributed by atoms with Crippen LogP contribution in [0.3, 0.4) is 0 Å². The molecule has 0 radical (unpaired) electrons. The summed E-state index contributed by atoms with van der Waals surface area (Å²) in [6, 6.07) is 5.17. The quantitative estimate of drug-likeness (QED) is 0.140. The fourth-order valence-electron chi connectivity index (χ4n) is 6.86. The number of halogens is 6. The van der Waals surface area contributed by atoms with Gasteiger partial charge in [-0.1, -0.05) is 23.2 Å². The summed E-state index contributed by atoms with van der Waals surface area (Å²) in [5, 5.41) is 40.1. The Balaban J connectivity index is 1.69. The van der Waals surface area contributed by atoms with E-state index in [0.717, 1.165) is 6.07 Å². The van der Waals surface area contributed by atoms with Crippen LogP contribution in [0.2, 0.25) is 0 Å². The highest BCUT2D eigenvalue weighted by Gasteiger charge is 2.93. The molecule has 0 aromatic heterocycles. The predicted octanol–water partition coefficient (Wildman–Crippen LogP) is 6.67. The Morgan fingerprint density at radius 2 is 1.53 bits per heavy atom. The predicted molar refractivity (Wildman–Crippen MR) is 145 cm³/mol. The second-order valence-corrected chi connectivity index (χ2v) is 13.0. The van der Waals surface area contributed by atoms with Crippen molar-refractivity contribution >= 4 is 86.5 Å². The molecule has 1 aromatic rings. The molecule has 5 aliphatic rings. The first-order chi connectivity index (χ1) is 17.7. The highest BCUT2D eigenvalue weighted by Crippen LogP contribution is 2.91. The third-order valence-electron chi connectivity index (χ3n) is 8.64. The van der Waals surface area contributed by atoms with Gasteiger partial charge in [0.1, 0.15) is 4.33 Å². The molecule has 0 amide bonds. The Morgan fingerprint density at radius 3 is 2.13 bits per heavy atom. The number of allylic oxidation sites excluding steroid dienone is 2. The standard InChI is InChI=1S/C25H16Cl6O7/c26-14-15(27)21(29)24-6-10(22(36)37)9(5-23(24,20(14)28)25(24,30)31)13-7-1-3-11(32)16(34)18(7)38-19-8(13)2-4-12(33)17(19)35/h1-4,9-10,20-21,32,34-35H,5-6H2,(H,36,37). The van der Waals surface area contributed by atoms with Gasteiger partial charge in [-0.25, -0.2) is 0 Å². The molecule has 6 unspecified atom stereocenters. The zero-order valence-electron chi connectivity index (χ0n) is 18.8. The maximum atomic E-state index is 12.8. The van der Waals surface area contributed by atoms with Crippen LogP contribution >= 0.6 is 69.6 Å². The number of carbonyl (C=O) groups is 1. The largest absolute Gasteiger partial charge is 0.504 e. The maximum Gasteiger partial charge on any atom is 0.307 e. The zero-order chi connectivity index (χ0) is 27.7. The van der Waals surface area contributed by atoms with Crippen molar-refractivity contribution in [3.05, 3.63) is 50.1 Å². The minimum Gasteiger partial charge on any atom is -0.504 e. The second kappa shape index (κ2) is 8.15. The number of phenolic OH excluding ortho intramolecular Hbond substituents is 3. The first-order valence-corrected chi connectivity index (χ1v) is 13.7. The van der Waals surface area contributed by atoms with Gasteiger partial charge >= 0.3 is 5.97 Å². The molecular weight excluding hydrogens is 625 g/mol.